The maximum atomic E-state index is 12.1. The van der Waals surface area contributed by atoms with Crippen molar-refractivity contribution in [3.8, 4) is 11.3 Å². The van der Waals surface area contributed by atoms with Crippen LogP contribution in [0.5, 0.6) is 0 Å². The van der Waals surface area contributed by atoms with Gasteiger partial charge < -0.3 is 14.2 Å². The van der Waals surface area contributed by atoms with E-state index in [1.165, 1.54) is 0 Å². The summed E-state index contributed by atoms with van der Waals surface area (Å²) in [6, 6.07) is 7.29. The third kappa shape index (κ3) is 3.33. The highest BCUT2D eigenvalue weighted by Gasteiger charge is 2.17. The molecule has 0 radical (unpaired) electrons. The van der Waals surface area contributed by atoms with Gasteiger partial charge in [0.1, 0.15) is 0 Å². The summed E-state index contributed by atoms with van der Waals surface area (Å²) >= 11 is 5.89. The van der Waals surface area contributed by atoms with Crippen molar-refractivity contribution in [1.29, 1.82) is 0 Å². The summed E-state index contributed by atoms with van der Waals surface area (Å²) in [5, 5.41) is 3.37. The Morgan fingerprint density at radius 1 is 1.08 bits per heavy atom. The second kappa shape index (κ2) is 6.49. The number of oxazole rings is 2. The van der Waals surface area contributed by atoms with Gasteiger partial charge in [0.05, 0.1) is 17.9 Å². The zero-order valence-corrected chi connectivity index (χ0v) is 14.3. The molecule has 0 aliphatic rings. The zero-order valence-electron chi connectivity index (χ0n) is 13.5. The van der Waals surface area contributed by atoms with E-state index >= 15 is 0 Å². The molecule has 0 unspecified atom stereocenters. The molecule has 6 nitrogen and oxygen atoms in total. The number of carbonyl (C=O) groups excluding carboxylic acids is 1. The van der Waals surface area contributed by atoms with Crippen molar-refractivity contribution in [1.82, 2.24) is 15.3 Å². The van der Waals surface area contributed by atoms with Crippen LogP contribution in [0.25, 0.3) is 11.3 Å². The van der Waals surface area contributed by atoms with Gasteiger partial charge in [-0.15, -0.1) is 0 Å². The number of halogens is 1. The minimum absolute atomic E-state index is 0.159. The molecule has 3 rings (SSSR count). The fourth-order valence-electron chi connectivity index (χ4n) is 2.38. The van der Waals surface area contributed by atoms with Crippen molar-refractivity contribution in [2.45, 2.75) is 27.3 Å². The lowest BCUT2D eigenvalue weighted by Crippen LogP contribution is -2.23. The second-order valence-corrected chi connectivity index (χ2v) is 5.80. The Morgan fingerprint density at radius 2 is 1.79 bits per heavy atom. The van der Waals surface area contributed by atoms with Crippen LogP contribution in [0.3, 0.4) is 0 Å². The molecule has 0 aliphatic carbocycles. The van der Waals surface area contributed by atoms with Gasteiger partial charge in [-0.25, -0.2) is 9.97 Å². The second-order valence-electron chi connectivity index (χ2n) is 5.36. The Hall–Kier alpha value is -2.60. The van der Waals surface area contributed by atoms with Gasteiger partial charge in [0.2, 0.25) is 11.7 Å². The van der Waals surface area contributed by atoms with Crippen molar-refractivity contribution in [3.05, 3.63) is 58.2 Å². The molecule has 7 heteroatoms. The van der Waals surface area contributed by atoms with E-state index in [9.17, 15) is 4.79 Å². The number of nitrogens with one attached hydrogen (secondary N) is 1. The van der Waals surface area contributed by atoms with Crippen molar-refractivity contribution in [3.63, 3.8) is 0 Å². The van der Waals surface area contributed by atoms with Crippen LogP contribution in [0.2, 0.25) is 5.02 Å². The Balaban J connectivity index is 1.72. The fraction of sp³-hybridized carbons (Fsp3) is 0.235. The highest BCUT2D eigenvalue weighted by atomic mass is 35.5. The van der Waals surface area contributed by atoms with Crippen LogP contribution in [-0.4, -0.2) is 15.9 Å². The molecule has 0 bridgehead atoms. The average molecular weight is 346 g/mol. The van der Waals surface area contributed by atoms with Gasteiger partial charge in [-0.05, 0) is 38.1 Å². The summed E-state index contributed by atoms with van der Waals surface area (Å²) in [6.45, 7) is 5.42. The first kappa shape index (κ1) is 16.3. The maximum absolute atomic E-state index is 12.1. The number of benzene rings is 1. The molecule has 0 fully saturated rings. The Morgan fingerprint density at radius 3 is 2.42 bits per heavy atom. The van der Waals surface area contributed by atoms with Crippen LogP contribution in [0, 0.1) is 20.8 Å². The zero-order chi connectivity index (χ0) is 17.3. The normalized spacial score (nSPS) is 10.8. The summed E-state index contributed by atoms with van der Waals surface area (Å²) in [7, 11) is 0. The van der Waals surface area contributed by atoms with Crippen LogP contribution in [0.4, 0.5) is 0 Å². The van der Waals surface area contributed by atoms with Crippen molar-refractivity contribution in [2.75, 3.05) is 0 Å². The van der Waals surface area contributed by atoms with Gasteiger partial charge in [-0.2, -0.15) is 0 Å². The van der Waals surface area contributed by atoms with Crippen molar-refractivity contribution >= 4 is 17.5 Å². The third-order valence-electron chi connectivity index (χ3n) is 3.46. The van der Waals surface area contributed by atoms with Gasteiger partial charge in [-0.3, -0.25) is 4.79 Å². The Kier molecular flexibility index (Phi) is 4.40. The summed E-state index contributed by atoms with van der Waals surface area (Å²) in [6.07, 6.45) is 0. The molecular formula is C17H16ClN3O3. The molecule has 0 aliphatic heterocycles. The van der Waals surface area contributed by atoms with Gasteiger partial charge in [0, 0.05) is 17.5 Å². The van der Waals surface area contributed by atoms with Gasteiger partial charge in [0.25, 0.3) is 5.91 Å². The smallest absolute Gasteiger partial charge is 0.289 e. The first-order valence-corrected chi connectivity index (χ1v) is 7.76. The standard InChI is InChI=1S/C17H16ClN3O3/c1-9-15(12-4-6-13(18)7-5-12)24-14(21-9)8-19-17(22)16-10(2)20-11(3)23-16/h4-7H,8H2,1-3H3,(H,19,22). The molecule has 0 saturated carbocycles. The van der Waals surface area contributed by atoms with Gasteiger partial charge >= 0.3 is 0 Å². The molecule has 0 saturated heterocycles. The largest absolute Gasteiger partial charge is 0.438 e. The van der Waals surface area contributed by atoms with E-state index in [-0.39, 0.29) is 18.2 Å². The lowest BCUT2D eigenvalue weighted by atomic mass is 10.1. The minimum Gasteiger partial charge on any atom is -0.438 e. The fourth-order valence-corrected chi connectivity index (χ4v) is 2.50. The molecule has 124 valence electrons. The molecule has 0 atom stereocenters. The Labute approximate surface area is 143 Å². The number of aryl methyl sites for hydroxylation is 3. The molecule has 0 spiro atoms. The molecule has 1 aromatic carbocycles. The number of hydrogen-bond donors (Lipinski definition) is 1. The highest BCUT2D eigenvalue weighted by Crippen LogP contribution is 2.25. The van der Waals surface area contributed by atoms with E-state index in [0.717, 1.165) is 11.3 Å². The van der Waals surface area contributed by atoms with E-state index < -0.39 is 0 Å². The quantitative estimate of drug-likeness (QED) is 0.777. The number of aromatic nitrogens is 2. The van der Waals surface area contributed by atoms with E-state index in [2.05, 4.69) is 15.3 Å². The van der Waals surface area contributed by atoms with E-state index in [0.29, 0.717) is 28.3 Å². The minimum atomic E-state index is -0.350. The number of nitrogens with zero attached hydrogens (tertiary/aromatic N) is 2. The topological polar surface area (TPSA) is 81.2 Å². The molecular weight excluding hydrogens is 330 g/mol. The SMILES string of the molecule is Cc1nc(C)c(C(=O)NCc2nc(C)c(-c3ccc(Cl)cc3)o2)o1. The monoisotopic (exact) mass is 345 g/mol. The van der Waals surface area contributed by atoms with Crippen molar-refractivity contribution in [2.24, 2.45) is 0 Å². The molecule has 1 N–H and O–H groups in total. The van der Waals surface area contributed by atoms with Crippen LogP contribution in [0.1, 0.15) is 33.7 Å². The third-order valence-corrected chi connectivity index (χ3v) is 3.71. The van der Waals surface area contributed by atoms with Gasteiger partial charge in [-0.1, -0.05) is 11.6 Å². The average Bonchev–Trinajstić information content (AvgIpc) is 3.08. The maximum Gasteiger partial charge on any atom is 0.289 e. The van der Waals surface area contributed by atoms with Crippen LogP contribution in [-0.2, 0) is 6.54 Å². The highest BCUT2D eigenvalue weighted by molar-refractivity contribution is 6.30. The Bertz CT molecular complexity index is 881. The molecule has 2 heterocycles. The summed E-state index contributed by atoms with van der Waals surface area (Å²) in [5.41, 5.74) is 2.17. The van der Waals surface area contributed by atoms with Crippen LogP contribution < -0.4 is 5.32 Å². The van der Waals surface area contributed by atoms with E-state index in [4.69, 9.17) is 20.4 Å². The predicted molar refractivity (Wildman–Crippen MR) is 88.8 cm³/mol. The summed E-state index contributed by atoms with van der Waals surface area (Å²) < 4.78 is 11.0. The lowest BCUT2D eigenvalue weighted by Gasteiger charge is -2.00. The summed E-state index contributed by atoms with van der Waals surface area (Å²) in [5.74, 6) is 1.38. The molecule has 1 amide bonds. The number of hydrogen-bond acceptors (Lipinski definition) is 5. The van der Waals surface area contributed by atoms with Crippen molar-refractivity contribution < 1.29 is 13.6 Å². The van der Waals surface area contributed by atoms with E-state index in [1.54, 1.807) is 26.0 Å². The van der Waals surface area contributed by atoms with Crippen LogP contribution in [0.15, 0.2) is 33.1 Å². The summed E-state index contributed by atoms with van der Waals surface area (Å²) in [4.78, 5) is 20.5. The number of rotatable bonds is 4. The van der Waals surface area contributed by atoms with E-state index in [1.807, 2.05) is 19.1 Å². The first-order chi connectivity index (χ1) is 11.4. The van der Waals surface area contributed by atoms with Crippen LogP contribution >= 0.6 is 11.6 Å². The molecule has 2 aromatic heterocycles. The predicted octanol–water partition coefficient (Wildman–Crippen LogP) is 3.84. The number of carbonyl (C=O) groups is 1. The molecule has 24 heavy (non-hydrogen) atoms. The molecule has 3 aromatic rings. The lowest BCUT2D eigenvalue weighted by molar-refractivity contribution is 0.0917. The number of amides is 1. The first-order valence-electron chi connectivity index (χ1n) is 7.38. The van der Waals surface area contributed by atoms with Gasteiger partial charge in [0.15, 0.2) is 11.7 Å².